The molecular formula is C13H24N4. The minimum Gasteiger partial charge on any atom is -0.312 e. The molecule has 0 aliphatic carbocycles. The summed E-state index contributed by atoms with van der Waals surface area (Å²) in [5.41, 5.74) is 2.54. The van der Waals surface area contributed by atoms with Crippen molar-refractivity contribution in [1.29, 1.82) is 0 Å². The fourth-order valence-corrected chi connectivity index (χ4v) is 2.34. The highest BCUT2D eigenvalue weighted by molar-refractivity contribution is 5.15. The van der Waals surface area contributed by atoms with Crippen molar-refractivity contribution >= 4 is 0 Å². The Morgan fingerprint density at radius 3 is 2.88 bits per heavy atom. The lowest BCUT2D eigenvalue weighted by molar-refractivity contribution is 0.199. The van der Waals surface area contributed by atoms with E-state index in [9.17, 15) is 0 Å². The number of aryl methyl sites for hydroxylation is 1. The standard InChI is InChI=1S/C13H24N4/c1-10(2)17-9-13(12(4)15-17)8-16-6-5-14-11(3)7-16/h9-11,14H,5-8H2,1-4H3/t11-/m0/s1. The van der Waals surface area contributed by atoms with E-state index in [4.69, 9.17) is 0 Å². The molecule has 4 heteroatoms. The van der Waals surface area contributed by atoms with Crippen LogP contribution in [0.1, 0.15) is 38.1 Å². The molecule has 1 aromatic rings. The zero-order valence-corrected chi connectivity index (χ0v) is 11.4. The van der Waals surface area contributed by atoms with Crippen molar-refractivity contribution in [3.8, 4) is 0 Å². The fourth-order valence-electron chi connectivity index (χ4n) is 2.34. The predicted molar refractivity (Wildman–Crippen MR) is 70.1 cm³/mol. The zero-order valence-electron chi connectivity index (χ0n) is 11.4. The summed E-state index contributed by atoms with van der Waals surface area (Å²) in [5.74, 6) is 0. The molecule has 17 heavy (non-hydrogen) atoms. The van der Waals surface area contributed by atoms with Gasteiger partial charge in [-0.15, -0.1) is 0 Å². The van der Waals surface area contributed by atoms with Gasteiger partial charge in [0.15, 0.2) is 0 Å². The summed E-state index contributed by atoms with van der Waals surface area (Å²) in [4.78, 5) is 2.51. The lowest BCUT2D eigenvalue weighted by Crippen LogP contribution is -2.48. The molecule has 0 spiro atoms. The van der Waals surface area contributed by atoms with Gasteiger partial charge in [-0.25, -0.2) is 0 Å². The second-order valence-corrected chi connectivity index (χ2v) is 5.40. The minimum absolute atomic E-state index is 0.449. The Morgan fingerprint density at radius 2 is 2.29 bits per heavy atom. The van der Waals surface area contributed by atoms with Gasteiger partial charge in [-0.2, -0.15) is 5.10 Å². The van der Waals surface area contributed by atoms with Crippen LogP contribution in [-0.4, -0.2) is 40.4 Å². The average Bonchev–Trinajstić information content (AvgIpc) is 2.61. The van der Waals surface area contributed by atoms with Crippen LogP contribution in [-0.2, 0) is 6.54 Å². The van der Waals surface area contributed by atoms with Gasteiger partial charge in [0.2, 0.25) is 0 Å². The first-order valence-electron chi connectivity index (χ1n) is 6.56. The molecule has 0 unspecified atom stereocenters. The predicted octanol–water partition coefficient (Wildman–Crippen LogP) is 1.57. The van der Waals surface area contributed by atoms with Crippen LogP contribution in [0.4, 0.5) is 0 Å². The van der Waals surface area contributed by atoms with E-state index >= 15 is 0 Å². The maximum absolute atomic E-state index is 4.57. The third kappa shape index (κ3) is 3.07. The third-order valence-corrected chi connectivity index (χ3v) is 3.39. The number of nitrogens with one attached hydrogen (secondary N) is 1. The van der Waals surface area contributed by atoms with Crippen molar-refractivity contribution in [3.05, 3.63) is 17.5 Å². The molecule has 4 nitrogen and oxygen atoms in total. The second kappa shape index (κ2) is 5.19. The molecule has 1 saturated heterocycles. The van der Waals surface area contributed by atoms with Gasteiger partial charge >= 0.3 is 0 Å². The Hall–Kier alpha value is -0.870. The first kappa shape index (κ1) is 12.6. The minimum atomic E-state index is 0.449. The number of aromatic nitrogens is 2. The van der Waals surface area contributed by atoms with E-state index < -0.39 is 0 Å². The van der Waals surface area contributed by atoms with Gasteiger partial charge in [0, 0.05) is 50.0 Å². The quantitative estimate of drug-likeness (QED) is 0.864. The van der Waals surface area contributed by atoms with Crippen molar-refractivity contribution in [1.82, 2.24) is 20.0 Å². The molecule has 0 saturated carbocycles. The Morgan fingerprint density at radius 1 is 1.53 bits per heavy atom. The molecule has 2 heterocycles. The maximum Gasteiger partial charge on any atom is 0.0638 e. The molecule has 1 atom stereocenters. The van der Waals surface area contributed by atoms with E-state index in [2.05, 4.69) is 53.9 Å². The third-order valence-electron chi connectivity index (χ3n) is 3.39. The van der Waals surface area contributed by atoms with E-state index in [1.165, 1.54) is 11.3 Å². The van der Waals surface area contributed by atoms with Crippen LogP contribution in [0.25, 0.3) is 0 Å². The van der Waals surface area contributed by atoms with Gasteiger partial charge in [-0.05, 0) is 27.7 Å². The molecular weight excluding hydrogens is 212 g/mol. The van der Waals surface area contributed by atoms with Crippen LogP contribution in [0.15, 0.2) is 6.20 Å². The monoisotopic (exact) mass is 236 g/mol. The smallest absolute Gasteiger partial charge is 0.0638 e. The lowest BCUT2D eigenvalue weighted by Gasteiger charge is -2.31. The topological polar surface area (TPSA) is 33.1 Å². The van der Waals surface area contributed by atoms with Gasteiger partial charge in [-0.1, -0.05) is 0 Å². The summed E-state index contributed by atoms with van der Waals surface area (Å²) in [5, 5.41) is 8.04. The fraction of sp³-hybridized carbons (Fsp3) is 0.769. The molecule has 1 aliphatic rings. The summed E-state index contributed by atoms with van der Waals surface area (Å²) in [6.45, 7) is 13.1. The van der Waals surface area contributed by atoms with Gasteiger partial charge in [-0.3, -0.25) is 9.58 Å². The molecule has 0 bridgehead atoms. The Kier molecular flexibility index (Phi) is 3.84. The van der Waals surface area contributed by atoms with Crippen LogP contribution < -0.4 is 5.32 Å². The van der Waals surface area contributed by atoms with Gasteiger partial charge in [0.1, 0.15) is 0 Å². The number of hydrogen-bond donors (Lipinski definition) is 1. The van der Waals surface area contributed by atoms with E-state index in [0.29, 0.717) is 12.1 Å². The van der Waals surface area contributed by atoms with Crippen molar-refractivity contribution < 1.29 is 0 Å². The first-order chi connectivity index (χ1) is 8.06. The van der Waals surface area contributed by atoms with Crippen LogP contribution in [0.3, 0.4) is 0 Å². The molecule has 1 fully saturated rings. The summed E-state index contributed by atoms with van der Waals surface area (Å²) < 4.78 is 2.07. The van der Waals surface area contributed by atoms with Crippen LogP contribution in [0.2, 0.25) is 0 Å². The number of nitrogens with zero attached hydrogens (tertiary/aromatic N) is 3. The average molecular weight is 236 g/mol. The molecule has 2 rings (SSSR count). The van der Waals surface area contributed by atoms with Crippen molar-refractivity contribution in [3.63, 3.8) is 0 Å². The summed E-state index contributed by atoms with van der Waals surface area (Å²) in [7, 11) is 0. The van der Waals surface area contributed by atoms with Crippen LogP contribution in [0, 0.1) is 6.92 Å². The number of piperazine rings is 1. The van der Waals surface area contributed by atoms with E-state index in [0.717, 1.165) is 26.2 Å². The first-order valence-corrected chi connectivity index (χ1v) is 6.56. The summed E-state index contributed by atoms with van der Waals surface area (Å²) >= 11 is 0. The Labute approximate surface area is 104 Å². The molecule has 1 N–H and O–H groups in total. The van der Waals surface area contributed by atoms with E-state index in [-0.39, 0.29) is 0 Å². The van der Waals surface area contributed by atoms with Crippen molar-refractivity contribution in [2.24, 2.45) is 0 Å². The highest BCUT2D eigenvalue weighted by Gasteiger charge is 2.17. The molecule has 1 aromatic heterocycles. The molecule has 96 valence electrons. The Balaban J connectivity index is 2.02. The second-order valence-electron chi connectivity index (χ2n) is 5.40. The van der Waals surface area contributed by atoms with Gasteiger partial charge < -0.3 is 5.32 Å². The Bertz CT molecular complexity index is 369. The highest BCUT2D eigenvalue weighted by atomic mass is 15.3. The van der Waals surface area contributed by atoms with Gasteiger partial charge in [0.25, 0.3) is 0 Å². The van der Waals surface area contributed by atoms with Crippen molar-refractivity contribution in [2.45, 2.75) is 46.3 Å². The van der Waals surface area contributed by atoms with E-state index in [1.807, 2.05) is 0 Å². The summed E-state index contributed by atoms with van der Waals surface area (Å²) in [6, 6.07) is 1.05. The molecule has 0 radical (unpaired) electrons. The van der Waals surface area contributed by atoms with Crippen LogP contribution >= 0.6 is 0 Å². The van der Waals surface area contributed by atoms with E-state index in [1.54, 1.807) is 0 Å². The highest BCUT2D eigenvalue weighted by Crippen LogP contribution is 2.14. The van der Waals surface area contributed by atoms with Gasteiger partial charge in [0.05, 0.1) is 5.69 Å². The number of hydrogen-bond acceptors (Lipinski definition) is 3. The lowest BCUT2D eigenvalue weighted by atomic mass is 10.2. The normalized spacial score (nSPS) is 22.3. The zero-order chi connectivity index (χ0) is 12.4. The molecule has 1 aliphatic heterocycles. The maximum atomic E-state index is 4.57. The molecule has 0 amide bonds. The largest absolute Gasteiger partial charge is 0.312 e. The van der Waals surface area contributed by atoms with Crippen molar-refractivity contribution in [2.75, 3.05) is 19.6 Å². The molecule has 0 aromatic carbocycles. The number of rotatable bonds is 3. The van der Waals surface area contributed by atoms with Crippen LogP contribution in [0.5, 0.6) is 0 Å². The summed E-state index contributed by atoms with van der Waals surface area (Å²) in [6.07, 6.45) is 2.20. The SMILES string of the molecule is Cc1nn(C(C)C)cc1CN1CCN[C@@H](C)C1.